The van der Waals surface area contributed by atoms with Crippen molar-refractivity contribution < 1.29 is 27.9 Å². The summed E-state index contributed by atoms with van der Waals surface area (Å²) in [5, 5.41) is 13.0. The largest absolute Gasteiger partial charge is 0.391 e. The fraction of sp³-hybridized carbons (Fsp3) is 0.792. The molecule has 0 spiro atoms. The first-order valence-electron chi connectivity index (χ1n) is 12.6. The zero-order valence-electron chi connectivity index (χ0n) is 20.7. The second kappa shape index (κ2) is 9.15. The van der Waals surface area contributed by atoms with Crippen molar-refractivity contribution in [2.45, 2.75) is 94.2 Å². The minimum atomic E-state index is -3.88. The highest BCUT2D eigenvalue weighted by Crippen LogP contribution is 2.47. The van der Waals surface area contributed by atoms with Crippen molar-refractivity contribution in [1.82, 2.24) is 14.9 Å². The van der Waals surface area contributed by atoms with Gasteiger partial charge in [-0.25, -0.2) is 8.42 Å². The van der Waals surface area contributed by atoms with Crippen LogP contribution in [0.25, 0.3) is 0 Å². The molecule has 0 aromatic rings. The molecule has 10 nitrogen and oxygen atoms in total. The number of hydrogen-bond donors (Lipinski definition) is 4. The van der Waals surface area contributed by atoms with Crippen LogP contribution in [0.5, 0.6) is 0 Å². The van der Waals surface area contributed by atoms with Crippen LogP contribution in [0.3, 0.4) is 0 Å². The van der Waals surface area contributed by atoms with Gasteiger partial charge in [-0.3, -0.25) is 19.1 Å². The van der Waals surface area contributed by atoms with Crippen molar-refractivity contribution in [2.75, 3.05) is 6.54 Å². The molecular formula is C24H38N4O6S. The lowest BCUT2D eigenvalue weighted by atomic mass is 9.88. The number of nitrogens with zero attached hydrogens (tertiary/aromatic N) is 1. The summed E-state index contributed by atoms with van der Waals surface area (Å²) < 4.78 is 26.7. The number of sulfonamides is 1. The van der Waals surface area contributed by atoms with E-state index in [9.17, 15) is 27.9 Å². The van der Waals surface area contributed by atoms with E-state index in [0.29, 0.717) is 18.8 Å². The average molecular weight is 511 g/mol. The Bertz CT molecular complexity index is 1030. The molecule has 7 atom stereocenters. The number of carbonyl (C=O) groups is 3. The van der Waals surface area contributed by atoms with Crippen molar-refractivity contribution in [3.63, 3.8) is 0 Å². The van der Waals surface area contributed by atoms with Gasteiger partial charge in [-0.15, -0.1) is 0 Å². The molecule has 2 aliphatic carbocycles. The maximum atomic E-state index is 13.4. The minimum Gasteiger partial charge on any atom is -0.391 e. The Morgan fingerprint density at radius 1 is 1.26 bits per heavy atom. The molecule has 2 saturated carbocycles. The quantitative estimate of drug-likeness (QED) is 0.394. The van der Waals surface area contributed by atoms with Gasteiger partial charge in [0.1, 0.15) is 11.6 Å². The van der Waals surface area contributed by atoms with Gasteiger partial charge in [0.05, 0.1) is 16.9 Å². The van der Waals surface area contributed by atoms with E-state index in [1.165, 1.54) is 4.90 Å². The highest BCUT2D eigenvalue weighted by molar-refractivity contribution is 7.91. The summed E-state index contributed by atoms with van der Waals surface area (Å²) in [6.07, 6.45) is 6.60. The van der Waals surface area contributed by atoms with Crippen LogP contribution in [0.1, 0.15) is 65.7 Å². The highest BCUT2D eigenvalue weighted by atomic mass is 32.2. The molecule has 11 heteroatoms. The number of nitrogens with one attached hydrogen (secondary N) is 2. The fourth-order valence-corrected chi connectivity index (χ4v) is 6.66. The Balaban J connectivity index is 1.61. The van der Waals surface area contributed by atoms with E-state index in [0.717, 1.165) is 19.3 Å². The van der Waals surface area contributed by atoms with Crippen LogP contribution >= 0.6 is 0 Å². The summed E-state index contributed by atoms with van der Waals surface area (Å²) in [6, 6.07) is -1.79. The molecule has 0 aromatic heterocycles. The number of aliphatic hydroxyl groups is 1. The van der Waals surface area contributed by atoms with Crippen LogP contribution in [0.4, 0.5) is 0 Å². The molecule has 35 heavy (non-hydrogen) atoms. The number of hydrogen-bond acceptors (Lipinski definition) is 7. The van der Waals surface area contributed by atoms with Gasteiger partial charge in [-0.05, 0) is 57.3 Å². The van der Waals surface area contributed by atoms with Crippen molar-refractivity contribution in [1.29, 1.82) is 0 Å². The van der Waals surface area contributed by atoms with E-state index >= 15 is 0 Å². The Kier molecular flexibility index (Phi) is 6.82. The molecular weight excluding hydrogens is 472 g/mol. The van der Waals surface area contributed by atoms with Crippen LogP contribution in [0.2, 0.25) is 0 Å². The van der Waals surface area contributed by atoms with Gasteiger partial charge in [-0.1, -0.05) is 26.0 Å². The zero-order valence-corrected chi connectivity index (χ0v) is 21.5. The summed E-state index contributed by atoms with van der Waals surface area (Å²) in [5.41, 5.74) is 4.88. The van der Waals surface area contributed by atoms with Crippen LogP contribution in [0.15, 0.2) is 12.2 Å². The van der Waals surface area contributed by atoms with E-state index in [1.807, 2.05) is 19.1 Å². The predicted molar refractivity (Wildman–Crippen MR) is 129 cm³/mol. The first-order chi connectivity index (χ1) is 16.3. The first kappa shape index (κ1) is 26.1. The third kappa shape index (κ3) is 4.99. The lowest BCUT2D eigenvalue weighted by Crippen LogP contribution is -2.58. The molecule has 1 saturated heterocycles. The highest BCUT2D eigenvalue weighted by Gasteiger charge is 2.63. The van der Waals surface area contributed by atoms with Gasteiger partial charge in [0.25, 0.3) is 5.91 Å². The van der Waals surface area contributed by atoms with E-state index in [-0.39, 0.29) is 31.2 Å². The molecule has 2 aliphatic heterocycles. The van der Waals surface area contributed by atoms with Crippen molar-refractivity contribution in [3.8, 4) is 0 Å². The smallest absolute Gasteiger partial charge is 0.259 e. The van der Waals surface area contributed by atoms with E-state index < -0.39 is 56.2 Å². The van der Waals surface area contributed by atoms with E-state index in [1.54, 1.807) is 6.92 Å². The Morgan fingerprint density at radius 2 is 1.94 bits per heavy atom. The molecule has 0 aromatic carbocycles. The number of aliphatic hydroxyl groups excluding tert-OH is 1. The van der Waals surface area contributed by atoms with Gasteiger partial charge in [0.2, 0.25) is 21.8 Å². The first-order valence-corrected chi connectivity index (χ1v) is 14.1. The third-order valence-corrected chi connectivity index (χ3v) is 10.5. The molecule has 0 unspecified atom stereocenters. The summed E-state index contributed by atoms with van der Waals surface area (Å²) >= 11 is 0. The summed E-state index contributed by atoms with van der Waals surface area (Å²) in [5.74, 6) is -1.88. The molecule has 5 N–H and O–H groups in total. The molecule has 3 fully saturated rings. The Hall–Kier alpha value is -1.98. The summed E-state index contributed by atoms with van der Waals surface area (Å²) in [4.78, 5) is 41.2. The minimum absolute atomic E-state index is 0.0118. The zero-order chi connectivity index (χ0) is 25.8. The van der Waals surface area contributed by atoms with Crippen LogP contribution < -0.4 is 15.8 Å². The van der Waals surface area contributed by atoms with Gasteiger partial charge in [-0.2, -0.15) is 0 Å². The predicted octanol–water partition coefficient (Wildman–Crippen LogP) is 0.161. The number of nitrogens with two attached hydrogens (primary N) is 1. The second-order valence-electron chi connectivity index (χ2n) is 11.4. The number of amides is 3. The lowest BCUT2D eigenvalue weighted by Gasteiger charge is -2.30. The number of rotatable bonds is 3. The molecule has 0 bridgehead atoms. The van der Waals surface area contributed by atoms with Gasteiger partial charge in [0.15, 0.2) is 0 Å². The maximum absolute atomic E-state index is 13.4. The third-order valence-electron chi connectivity index (χ3n) is 8.33. The van der Waals surface area contributed by atoms with Crippen LogP contribution in [0, 0.1) is 17.8 Å². The van der Waals surface area contributed by atoms with E-state index in [4.69, 9.17) is 5.73 Å². The van der Waals surface area contributed by atoms with Gasteiger partial charge >= 0.3 is 0 Å². The number of fused-ring (bicyclic) bond motifs is 2. The molecule has 196 valence electrons. The number of carbonyl (C=O) groups excluding carboxylic acids is 3. The standard InChI is InChI=1S/C24H38N4O6S/c1-14-6-4-5-7-16-12-24(16,22(32)27-35(33,34)23(3)8-9-23)26-20(30)18-11-17(29)13-28(18)21(31)19(25)15(2)10-14/h5,7,14-19,29H,4,6,8-13,25H2,1-3H3,(H,26,30)(H,27,32)/b7-5-/t14-,15-,16-,17-,18+,19+,24-/m1/s1. The Morgan fingerprint density at radius 3 is 2.60 bits per heavy atom. The van der Waals surface area contributed by atoms with Crippen LogP contribution in [-0.4, -0.2) is 71.2 Å². The normalized spacial score (nSPS) is 40.4. The van der Waals surface area contributed by atoms with E-state index in [2.05, 4.69) is 17.0 Å². The van der Waals surface area contributed by atoms with Gasteiger partial charge < -0.3 is 21.1 Å². The summed E-state index contributed by atoms with van der Waals surface area (Å²) in [7, 11) is -3.88. The van der Waals surface area contributed by atoms with Crippen molar-refractivity contribution in [3.05, 3.63) is 12.2 Å². The Labute approximate surface area is 207 Å². The lowest BCUT2D eigenvalue weighted by molar-refractivity contribution is -0.141. The number of allylic oxidation sites excluding steroid dienone is 1. The maximum Gasteiger partial charge on any atom is 0.259 e. The molecule has 4 aliphatic rings. The van der Waals surface area contributed by atoms with Crippen LogP contribution in [-0.2, 0) is 24.4 Å². The van der Waals surface area contributed by atoms with Crippen molar-refractivity contribution >= 4 is 27.7 Å². The SMILES string of the molecule is C[C@@H]1CC/C=C\[C@@H]2C[C@@]2(C(=O)NS(=O)(=O)C2(C)CC2)NC(=O)[C@@H]2C[C@@H](O)CN2C(=O)[C@@H](N)[C@H](C)C1. The van der Waals surface area contributed by atoms with Crippen molar-refractivity contribution in [2.24, 2.45) is 23.5 Å². The monoisotopic (exact) mass is 510 g/mol. The molecule has 4 rings (SSSR count). The fourth-order valence-electron chi connectivity index (χ4n) is 5.35. The molecule has 0 radical (unpaired) electrons. The molecule has 3 amide bonds. The average Bonchev–Trinajstić information content (AvgIpc) is 3.66. The topological polar surface area (TPSA) is 159 Å². The summed E-state index contributed by atoms with van der Waals surface area (Å²) in [6.45, 7) is 5.60. The second-order valence-corrected chi connectivity index (χ2v) is 13.6. The molecule has 2 heterocycles. The van der Waals surface area contributed by atoms with Gasteiger partial charge in [0, 0.05) is 18.9 Å².